The molecule has 3 aromatic rings. The number of anilines is 1. The number of methoxy groups -OCH3 is 1. The van der Waals surface area contributed by atoms with Crippen LogP contribution < -0.4 is 14.4 Å². The second-order valence-electron chi connectivity index (χ2n) is 10.1. The van der Waals surface area contributed by atoms with Gasteiger partial charge in [-0.15, -0.1) is 0 Å². The Hall–Kier alpha value is -2.98. The van der Waals surface area contributed by atoms with E-state index in [1.54, 1.807) is 25.1 Å². The largest absolute Gasteiger partial charge is 0.497 e. The lowest BCUT2D eigenvalue weighted by molar-refractivity contribution is -0.139. The van der Waals surface area contributed by atoms with Gasteiger partial charge in [-0.2, -0.15) is 0 Å². The molecule has 1 N–H and O–H groups in total. The number of nitrogens with zero attached hydrogens (tertiary/aromatic N) is 2. The second kappa shape index (κ2) is 14.0. The predicted molar refractivity (Wildman–Crippen MR) is 166 cm³/mol. The van der Waals surface area contributed by atoms with Crippen LogP contribution in [0.1, 0.15) is 38.2 Å². The Morgan fingerprint density at radius 3 is 2.12 bits per heavy atom. The van der Waals surface area contributed by atoms with Gasteiger partial charge in [0.25, 0.3) is 10.0 Å². The first-order valence-corrected chi connectivity index (χ1v) is 16.0. The summed E-state index contributed by atoms with van der Waals surface area (Å²) in [6.45, 7) is 0.907. The monoisotopic (exact) mass is 651 g/mol. The number of carbonyl (C=O) groups excluding carboxylic acids is 2. The van der Waals surface area contributed by atoms with E-state index in [2.05, 4.69) is 5.32 Å². The SMILES string of the molecule is COc1ccc(S(=O)(=O)N(CC(=O)N(Cc2c(Cl)cccc2Cl)[C@H](C)C(=O)NC2CCCC2)c2ccc(Cl)cc2)cc1. The summed E-state index contributed by atoms with van der Waals surface area (Å²) >= 11 is 19.0. The van der Waals surface area contributed by atoms with Gasteiger partial charge >= 0.3 is 0 Å². The van der Waals surface area contributed by atoms with Crippen LogP contribution in [0.15, 0.2) is 71.6 Å². The van der Waals surface area contributed by atoms with Crippen molar-refractivity contribution in [3.05, 3.63) is 87.4 Å². The topological polar surface area (TPSA) is 96.0 Å². The summed E-state index contributed by atoms with van der Waals surface area (Å²) in [5.41, 5.74) is 0.674. The van der Waals surface area contributed by atoms with Crippen LogP contribution in [-0.4, -0.2) is 50.9 Å². The standard InChI is InChI=1S/C30H32Cl3N3O5S/c1-20(30(38)34-22-6-3-4-7-22)35(18-26-27(32)8-5-9-28(26)33)29(37)19-36(23-12-10-21(31)11-13-23)42(39,40)25-16-14-24(41-2)15-17-25/h5,8-17,20,22H,3-4,6-7,18-19H2,1-2H3,(H,34,38)/t20-/m1/s1. The van der Waals surface area contributed by atoms with Crippen LogP contribution >= 0.6 is 34.8 Å². The molecule has 1 atom stereocenters. The molecule has 4 rings (SSSR count). The zero-order chi connectivity index (χ0) is 30.4. The number of amides is 2. The Bertz CT molecular complexity index is 1490. The molecule has 2 amide bonds. The number of halogens is 3. The average Bonchev–Trinajstić information content (AvgIpc) is 3.49. The third kappa shape index (κ3) is 7.50. The summed E-state index contributed by atoms with van der Waals surface area (Å²) in [7, 11) is -2.76. The molecule has 0 heterocycles. The third-order valence-electron chi connectivity index (χ3n) is 7.30. The van der Waals surface area contributed by atoms with E-state index >= 15 is 0 Å². The summed E-state index contributed by atoms with van der Waals surface area (Å²) < 4.78 is 34.0. The summed E-state index contributed by atoms with van der Waals surface area (Å²) in [6.07, 6.45) is 3.79. The molecule has 0 spiro atoms. The highest BCUT2D eigenvalue weighted by atomic mass is 35.5. The molecule has 0 aromatic heterocycles. The molecule has 1 fully saturated rings. The van der Waals surface area contributed by atoms with Crippen molar-refractivity contribution in [1.82, 2.24) is 10.2 Å². The lowest BCUT2D eigenvalue weighted by Crippen LogP contribution is -2.52. The summed E-state index contributed by atoms with van der Waals surface area (Å²) in [5, 5.41) is 4.08. The Kier molecular flexibility index (Phi) is 10.6. The molecule has 0 aliphatic heterocycles. The van der Waals surface area contributed by atoms with Crippen molar-refractivity contribution in [2.75, 3.05) is 18.0 Å². The molecule has 224 valence electrons. The highest BCUT2D eigenvalue weighted by Crippen LogP contribution is 2.29. The van der Waals surface area contributed by atoms with Crippen molar-refractivity contribution >= 4 is 62.3 Å². The number of benzene rings is 3. The maximum absolute atomic E-state index is 14.1. The van der Waals surface area contributed by atoms with E-state index in [4.69, 9.17) is 39.5 Å². The van der Waals surface area contributed by atoms with Crippen LogP contribution in [0.5, 0.6) is 5.75 Å². The summed E-state index contributed by atoms with van der Waals surface area (Å²) in [5.74, 6) is -0.477. The minimum atomic E-state index is -4.24. The molecule has 0 saturated heterocycles. The lowest BCUT2D eigenvalue weighted by Gasteiger charge is -2.33. The van der Waals surface area contributed by atoms with Gasteiger partial charge in [0.05, 0.1) is 17.7 Å². The van der Waals surface area contributed by atoms with Gasteiger partial charge in [-0.3, -0.25) is 13.9 Å². The van der Waals surface area contributed by atoms with Crippen LogP contribution in [-0.2, 0) is 26.2 Å². The molecule has 12 heteroatoms. The molecule has 1 saturated carbocycles. The Balaban J connectivity index is 1.71. The maximum Gasteiger partial charge on any atom is 0.264 e. The van der Waals surface area contributed by atoms with Crippen molar-refractivity contribution in [2.24, 2.45) is 0 Å². The minimum Gasteiger partial charge on any atom is -0.497 e. The first-order chi connectivity index (χ1) is 20.0. The quantitative estimate of drug-likeness (QED) is 0.261. The first kappa shape index (κ1) is 31.9. The van der Waals surface area contributed by atoms with Gasteiger partial charge in [0, 0.05) is 33.2 Å². The normalized spacial score (nSPS) is 14.3. The Morgan fingerprint density at radius 2 is 1.55 bits per heavy atom. The fourth-order valence-electron chi connectivity index (χ4n) is 4.84. The number of nitrogens with one attached hydrogen (secondary N) is 1. The molecular weight excluding hydrogens is 621 g/mol. The number of carbonyl (C=O) groups is 2. The van der Waals surface area contributed by atoms with Gasteiger partial charge in [0.1, 0.15) is 18.3 Å². The molecule has 0 unspecified atom stereocenters. The van der Waals surface area contributed by atoms with Crippen LogP contribution in [0, 0.1) is 0 Å². The van der Waals surface area contributed by atoms with Gasteiger partial charge in [0.2, 0.25) is 11.8 Å². The molecule has 42 heavy (non-hydrogen) atoms. The summed E-state index contributed by atoms with van der Waals surface area (Å²) in [4.78, 5) is 28.7. The van der Waals surface area contributed by atoms with E-state index in [1.165, 1.54) is 60.5 Å². The number of rotatable bonds is 11. The molecule has 0 radical (unpaired) electrons. The van der Waals surface area contributed by atoms with Crippen LogP contribution in [0.2, 0.25) is 15.1 Å². The molecular formula is C30H32Cl3N3O5S. The fraction of sp³-hybridized carbons (Fsp3) is 0.333. The fourth-order valence-corrected chi connectivity index (χ4v) is 6.90. The van der Waals surface area contributed by atoms with Crippen LogP contribution in [0.25, 0.3) is 0 Å². The zero-order valence-corrected chi connectivity index (χ0v) is 26.3. The van der Waals surface area contributed by atoms with E-state index in [9.17, 15) is 18.0 Å². The third-order valence-corrected chi connectivity index (χ3v) is 10.0. The molecule has 8 nitrogen and oxygen atoms in total. The number of hydrogen-bond donors (Lipinski definition) is 1. The highest BCUT2D eigenvalue weighted by molar-refractivity contribution is 7.92. The van der Waals surface area contributed by atoms with Crippen LogP contribution in [0.4, 0.5) is 5.69 Å². The zero-order valence-electron chi connectivity index (χ0n) is 23.2. The molecule has 3 aromatic carbocycles. The molecule has 1 aliphatic carbocycles. The minimum absolute atomic E-state index is 0.0295. The maximum atomic E-state index is 14.1. The second-order valence-corrected chi connectivity index (χ2v) is 13.2. The van der Waals surface area contributed by atoms with E-state index in [-0.39, 0.29) is 29.1 Å². The molecule has 1 aliphatic rings. The number of hydrogen-bond acceptors (Lipinski definition) is 5. The van der Waals surface area contributed by atoms with Gasteiger partial charge in [-0.05, 0) is 80.4 Å². The lowest BCUT2D eigenvalue weighted by atomic mass is 10.1. The van der Waals surface area contributed by atoms with E-state index in [0.29, 0.717) is 26.4 Å². The van der Waals surface area contributed by atoms with Crippen molar-refractivity contribution < 1.29 is 22.7 Å². The van der Waals surface area contributed by atoms with E-state index < -0.39 is 28.5 Å². The molecule has 0 bridgehead atoms. The van der Waals surface area contributed by atoms with Gasteiger partial charge in [-0.25, -0.2) is 8.42 Å². The summed E-state index contributed by atoms with van der Waals surface area (Å²) in [6, 6.07) is 16.0. The van der Waals surface area contributed by atoms with Gasteiger partial charge < -0.3 is 15.0 Å². The van der Waals surface area contributed by atoms with Crippen LogP contribution in [0.3, 0.4) is 0 Å². The average molecular weight is 653 g/mol. The van der Waals surface area contributed by atoms with E-state index in [1.807, 2.05) is 0 Å². The van der Waals surface area contributed by atoms with Crippen molar-refractivity contribution in [3.8, 4) is 5.75 Å². The van der Waals surface area contributed by atoms with Crippen molar-refractivity contribution in [2.45, 2.75) is 56.1 Å². The Labute approximate surface area is 261 Å². The first-order valence-electron chi connectivity index (χ1n) is 13.5. The van der Waals surface area contributed by atoms with Gasteiger partial charge in [0.15, 0.2) is 0 Å². The number of sulfonamides is 1. The van der Waals surface area contributed by atoms with Crippen molar-refractivity contribution in [3.63, 3.8) is 0 Å². The Morgan fingerprint density at radius 1 is 0.952 bits per heavy atom. The van der Waals surface area contributed by atoms with Crippen molar-refractivity contribution in [1.29, 1.82) is 0 Å². The van der Waals surface area contributed by atoms with E-state index in [0.717, 1.165) is 30.0 Å². The van der Waals surface area contributed by atoms with Gasteiger partial charge in [-0.1, -0.05) is 53.7 Å². The smallest absolute Gasteiger partial charge is 0.264 e. The number of ether oxygens (including phenoxy) is 1. The highest BCUT2D eigenvalue weighted by Gasteiger charge is 2.34. The predicted octanol–water partition coefficient (Wildman–Crippen LogP) is 6.33.